The SMILES string of the molecule is CNCc1cnc(-c2cc(Br)c(O)c(OC)c2)s1. The van der Waals surface area contributed by atoms with Crippen LogP contribution in [0.1, 0.15) is 4.88 Å². The number of ether oxygens (including phenoxy) is 1. The van der Waals surface area contributed by atoms with Gasteiger partial charge in [0.05, 0.1) is 11.6 Å². The Labute approximate surface area is 118 Å². The number of halogens is 1. The minimum Gasteiger partial charge on any atom is -0.503 e. The van der Waals surface area contributed by atoms with E-state index in [2.05, 4.69) is 26.2 Å². The van der Waals surface area contributed by atoms with Gasteiger partial charge in [-0.25, -0.2) is 4.98 Å². The van der Waals surface area contributed by atoms with Gasteiger partial charge in [-0.3, -0.25) is 0 Å². The molecule has 0 aliphatic carbocycles. The average Bonchev–Trinajstić information content (AvgIpc) is 2.81. The smallest absolute Gasteiger partial charge is 0.172 e. The molecule has 2 N–H and O–H groups in total. The molecule has 2 rings (SSSR count). The number of thiazole rings is 1. The molecule has 6 heteroatoms. The molecule has 0 atom stereocenters. The maximum absolute atomic E-state index is 9.76. The first kappa shape index (κ1) is 13.3. The average molecular weight is 329 g/mol. The van der Waals surface area contributed by atoms with Gasteiger partial charge in [-0.1, -0.05) is 0 Å². The molecule has 0 aliphatic rings. The first-order chi connectivity index (χ1) is 8.65. The van der Waals surface area contributed by atoms with Crippen molar-refractivity contribution in [2.75, 3.05) is 14.2 Å². The normalized spacial score (nSPS) is 10.6. The fourth-order valence-corrected chi connectivity index (χ4v) is 2.90. The summed E-state index contributed by atoms with van der Waals surface area (Å²) in [5, 5.41) is 13.7. The molecule has 4 nitrogen and oxygen atoms in total. The van der Waals surface area contributed by atoms with Crippen LogP contribution in [0.3, 0.4) is 0 Å². The minimum absolute atomic E-state index is 0.105. The lowest BCUT2D eigenvalue weighted by Gasteiger charge is -2.07. The van der Waals surface area contributed by atoms with Crippen LogP contribution in [0.2, 0.25) is 0 Å². The third-order valence-electron chi connectivity index (χ3n) is 2.40. The molecule has 2 aromatic rings. The van der Waals surface area contributed by atoms with Crippen LogP contribution in [-0.4, -0.2) is 24.2 Å². The van der Waals surface area contributed by atoms with Crippen molar-refractivity contribution in [2.24, 2.45) is 0 Å². The lowest BCUT2D eigenvalue weighted by Crippen LogP contribution is -2.02. The van der Waals surface area contributed by atoms with E-state index < -0.39 is 0 Å². The van der Waals surface area contributed by atoms with Crippen molar-refractivity contribution in [3.63, 3.8) is 0 Å². The molecule has 18 heavy (non-hydrogen) atoms. The topological polar surface area (TPSA) is 54.4 Å². The fourth-order valence-electron chi connectivity index (χ4n) is 1.55. The number of rotatable bonds is 4. The molecule has 0 saturated heterocycles. The number of phenols is 1. The van der Waals surface area contributed by atoms with Crippen LogP contribution >= 0.6 is 27.3 Å². The second-order valence-electron chi connectivity index (χ2n) is 3.67. The molecule has 0 unspecified atom stereocenters. The number of phenolic OH excluding ortho intramolecular Hbond substituents is 1. The number of nitrogens with zero attached hydrogens (tertiary/aromatic N) is 1. The first-order valence-corrected chi connectivity index (χ1v) is 6.92. The molecule has 0 fully saturated rings. The number of hydrogen-bond donors (Lipinski definition) is 2. The van der Waals surface area contributed by atoms with Crippen LogP contribution in [-0.2, 0) is 6.54 Å². The van der Waals surface area contributed by atoms with E-state index in [4.69, 9.17) is 4.74 Å². The number of hydrogen-bond acceptors (Lipinski definition) is 5. The number of methoxy groups -OCH3 is 1. The van der Waals surface area contributed by atoms with Gasteiger partial charge in [0.2, 0.25) is 0 Å². The van der Waals surface area contributed by atoms with Gasteiger partial charge in [0.25, 0.3) is 0 Å². The summed E-state index contributed by atoms with van der Waals surface area (Å²) in [5.41, 5.74) is 0.920. The molecule has 1 aromatic heterocycles. The van der Waals surface area contributed by atoms with E-state index in [1.807, 2.05) is 19.3 Å². The molecule has 0 spiro atoms. The summed E-state index contributed by atoms with van der Waals surface area (Å²) in [6, 6.07) is 3.61. The zero-order valence-electron chi connectivity index (χ0n) is 10.0. The Morgan fingerprint density at radius 2 is 2.28 bits per heavy atom. The predicted octanol–water partition coefficient (Wildman–Crippen LogP) is 3.01. The molecular weight excluding hydrogens is 316 g/mol. The Morgan fingerprint density at radius 1 is 1.50 bits per heavy atom. The summed E-state index contributed by atoms with van der Waals surface area (Å²) in [6.45, 7) is 0.800. The first-order valence-electron chi connectivity index (χ1n) is 5.32. The molecule has 1 aromatic carbocycles. The number of aromatic hydroxyl groups is 1. The van der Waals surface area contributed by atoms with Gasteiger partial charge in [0.1, 0.15) is 5.01 Å². The molecule has 0 bridgehead atoms. The largest absolute Gasteiger partial charge is 0.503 e. The monoisotopic (exact) mass is 328 g/mol. The van der Waals surface area contributed by atoms with Crippen LogP contribution in [0.15, 0.2) is 22.8 Å². The van der Waals surface area contributed by atoms with Crippen molar-refractivity contribution < 1.29 is 9.84 Å². The Hall–Kier alpha value is -1.11. The summed E-state index contributed by atoms with van der Waals surface area (Å²) in [6.07, 6.45) is 1.85. The summed E-state index contributed by atoms with van der Waals surface area (Å²) < 4.78 is 5.73. The molecular formula is C12H13BrN2O2S. The lowest BCUT2D eigenvalue weighted by atomic mass is 10.2. The summed E-state index contributed by atoms with van der Waals surface area (Å²) in [7, 11) is 3.43. The van der Waals surface area contributed by atoms with Gasteiger partial charge >= 0.3 is 0 Å². The highest BCUT2D eigenvalue weighted by Crippen LogP contribution is 2.39. The van der Waals surface area contributed by atoms with E-state index in [0.717, 1.165) is 22.0 Å². The standard InChI is InChI=1S/C12H13BrN2O2S/c1-14-5-8-6-15-12(18-8)7-3-9(13)11(16)10(4-7)17-2/h3-4,6,14,16H,5H2,1-2H3. The van der Waals surface area contributed by atoms with Crippen LogP contribution in [0.4, 0.5) is 0 Å². The van der Waals surface area contributed by atoms with E-state index in [9.17, 15) is 5.11 Å². The summed E-state index contributed by atoms with van der Waals surface area (Å²) >= 11 is 4.92. The minimum atomic E-state index is 0.105. The van der Waals surface area contributed by atoms with E-state index in [1.165, 1.54) is 7.11 Å². The molecule has 96 valence electrons. The van der Waals surface area contributed by atoms with Gasteiger partial charge in [0, 0.05) is 23.2 Å². The Kier molecular flexibility index (Phi) is 4.21. The van der Waals surface area contributed by atoms with Crippen LogP contribution in [0.25, 0.3) is 10.6 Å². The highest BCUT2D eigenvalue weighted by molar-refractivity contribution is 9.10. The Bertz CT molecular complexity index is 557. The number of aromatic nitrogens is 1. The molecule has 0 saturated carbocycles. The summed E-state index contributed by atoms with van der Waals surface area (Å²) in [4.78, 5) is 5.53. The van der Waals surface area contributed by atoms with Crippen molar-refractivity contribution in [3.05, 3.63) is 27.7 Å². The van der Waals surface area contributed by atoms with Crippen LogP contribution < -0.4 is 10.1 Å². The van der Waals surface area contributed by atoms with E-state index in [-0.39, 0.29) is 5.75 Å². The van der Waals surface area contributed by atoms with E-state index in [1.54, 1.807) is 17.4 Å². The number of benzene rings is 1. The molecule has 0 radical (unpaired) electrons. The Balaban J connectivity index is 2.40. The summed E-state index contributed by atoms with van der Waals surface area (Å²) in [5.74, 6) is 0.540. The third-order valence-corrected chi connectivity index (χ3v) is 4.05. The van der Waals surface area contributed by atoms with Gasteiger partial charge in [-0.15, -0.1) is 11.3 Å². The van der Waals surface area contributed by atoms with E-state index >= 15 is 0 Å². The highest BCUT2D eigenvalue weighted by atomic mass is 79.9. The maximum atomic E-state index is 9.76. The number of nitrogens with one attached hydrogen (secondary N) is 1. The van der Waals surface area contributed by atoms with Crippen molar-refractivity contribution in [3.8, 4) is 22.1 Å². The highest BCUT2D eigenvalue weighted by Gasteiger charge is 2.12. The molecule has 0 amide bonds. The molecule has 1 heterocycles. The molecule has 0 aliphatic heterocycles. The quantitative estimate of drug-likeness (QED) is 0.905. The van der Waals surface area contributed by atoms with Crippen molar-refractivity contribution in [1.29, 1.82) is 0 Å². The predicted molar refractivity (Wildman–Crippen MR) is 76.2 cm³/mol. The van der Waals surface area contributed by atoms with E-state index in [0.29, 0.717) is 10.2 Å². The van der Waals surface area contributed by atoms with Crippen LogP contribution in [0, 0.1) is 0 Å². The van der Waals surface area contributed by atoms with Crippen LogP contribution in [0.5, 0.6) is 11.5 Å². The van der Waals surface area contributed by atoms with Crippen molar-refractivity contribution >= 4 is 27.3 Å². The van der Waals surface area contributed by atoms with Gasteiger partial charge in [-0.2, -0.15) is 0 Å². The van der Waals surface area contributed by atoms with Gasteiger partial charge in [-0.05, 0) is 35.1 Å². The lowest BCUT2D eigenvalue weighted by molar-refractivity contribution is 0.372. The van der Waals surface area contributed by atoms with Gasteiger partial charge < -0.3 is 15.2 Å². The zero-order chi connectivity index (χ0) is 13.1. The van der Waals surface area contributed by atoms with Crippen molar-refractivity contribution in [2.45, 2.75) is 6.54 Å². The van der Waals surface area contributed by atoms with Crippen molar-refractivity contribution in [1.82, 2.24) is 10.3 Å². The second-order valence-corrected chi connectivity index (χ2v) is 5.64. The Morgan fingerprint density at radius 3 is 2.94 bits per heavy atom. The maximum Gasteiger partial charge on any atom is 0.172 e. The van der Waals surface area contributed by atoms with Gasteiger partial charge in [0.15, 0.2) is 11.5 Å². The second kappa shape index (κ2) is 5.69. The third kappa shape index (κ3) is 2.66. The fraction of sp³-hybridized carbons (Fsp3) is 0.250. The zero-order valence-corrected chi connectivity index (χ0v) is 12.4.